The van der Waals surface area contributed by atoms with Gasteiger partial charge in [0.05, 0.1) is 6.04 Å². The summed E-state index contributed by atoms with van der Waals surface area (Å²) in [4.78, 5) is 12.0. The van der Waals surface area contributed by atoms with Crippen molar-refractivity contribution in [2.24, 2.45) is 5.73 Å². The first kappa shape index (κ1) is 10.5. The van der Waals surface area contributed by atoms with Crippen molar-refractivity contribution in [1.82, 2.24) is 9.78 Å². The minimum atomic E-state index is 0.172. The Bertz CT molecular complexity index is 387. The maximum Gasteiger partial charge on any atom is 0.270 e. The lowest BCUT2D eigenvalue weighted by Gasteiger charge is -2.25. The lowest BCUT2D eigenvalue weighted by Crippen LogP contribution is -2.28. The van der Waals surface area contributed by atoms with Gasteiger partial charge in [0.1, 0.15) is 0 Å². The molecule has 15 heavy (non-hydrogen) atoms. The second-order valence-corrected chi connectivity index (χ2v) is 4.37. The number of H-pyrrole nitrogens is 1. The van der Waals surface area contributed by atoms with Gasteiger partial charge in [-0.2, -0.15) is 0 Å². The highest BCUT2D eigenvalue weighted by molar-refractivity contribution is 5.16. The first-order valence-corrected chi connectivity index (χ1v) is 5.74. The molecule has 1 aromatic rings. The van der Waals surface area contributed by atoms with Gasteiger partial charge in [-0.1, -0.05) is 0 Å². The Morgan fingerprint density at radius 3 is 2.80 bits per heavy atom. The molecule has 1 aromatic heterocycles. The minimum absolute atomic E-state index is 0.172. The molecule has 0 aliphatic heterocycles. The summed E-state index contributed by atoms with van der Waals surface area (Å²) < 4.78 is 1.81. The van der Waals surface area contributed by atoms with Crippen molar-refractivity contribution in [1.29, 1.82) is 0 Å². The predicted octanol–water partition coefficient (Wildman–Crippen LogP) is 1.10. The van der Waals surface area contributed by atoms with Gasteiger partial charge in [-0.05, 0) is 45.6 Å². The van der Waals surface area contributed by atoms with Gasteiger partial charge in [0.25, 0.3) is 5.56 Å². The van der Waals surface area contributed by atoms with Crippen LogP contribution >= 0.6 is 0 Å². The van der Waals surface area contributed by atoms with Crippen molar-refractivity contribution in [3.05, 3.63) is 21.6 Å². The van der Waals surface area contributed by atoms with Crippen LogP contribution in [0, 0.1) is 6.92 Å². The molecule has 1 saturated carbocycles. The number of nitrogens with one attached hydrogen (secondary N) is 1. The smallest absolute Gasteiger partial charge is 0.270 e. The van der Waals surface area contributed by atoms with Crippen molar-refractivity contribution >= 4 is 0 Å². The SMILES string of the molecule is Cc1[nH]n(C2CCC2)c(=O)c1CCCN. The summed E-state index contributed by atoms with van der Waals surface area (Å²) in [6.45, 7) is 2.62. The van der Waals surface area contributed by atoms with Gasteiger partial charge >= 0.3 is 0 Å². The van der Waals surface area contributed by atoms with Gasteiger partial charge in [-0.15, -0.1) is 0 Å². The van der Waals surface area contributed by atoms with E-state index in [9.17, 15) is 4.79 Å². The molecule has 0 amide bonds. The largest absolute Gasteiger partial charge is 0.330 e. The topological polar surface area (TPSA) is 63.8 Å². The van der Waals surface area contributed by atoms with Crippen molar-refractivity contribution < 1.29 is 0 Å². The third-order valence-electron chi connectivity index (χ3n) is 3.29. The highest BCUT2D eigenvalue weighted by Crippen LogP contribution is 2.29. The summed E-state index contributed by atoms with van der Waals surface area (Å²) in [7, 11) is 0. The molecule has 0 radical (unpaired) electrons. The van der Waals surface area contributed by atoms with E-state index >= 15 is 0 Å². The maximum atomic E-state index is 12.0. The van der Waals surface area contributed by atoms with Crippen LogP contribution in [0.25, 0.3) is 0 Å². The van der Waals surface area contributed by atoms with E-state index in [1.54, 1.807) is 0 Å². The van der Waals surface area contributed by atoms with Gasteiger partial charge in [0.15, 0.2) is 0 Å². The molecule has 1 heterocycles. The van der Waals surface area contributed by atoms with E-state index < -0.39 is 0 Å². The van der Waals surface area contributed by atoms with Gasteiger partial charge < -0.3 is 5.73 Å². The van der Waals surface area contributed by atoms with E-state index in [0.717, 1.165) is 36.9 Å². The van der Waals surface area contributed by atoms with E-state index in [0.29, 0.717) is 12.6 Å². The first-order valence-electron chi connectivity index (χ1n) is 5.74. The summed E-state index contributed by atoms with van der Waals surface area (Å²) in [5.41, 5.74) is 7.57. The van der Waals surface area contributed by atoms with Gasteiger partial charge in [0, 0.05) is 11.3 Å². The average Bonchev–Trinajstić information content (AvgIpc) is 2.38. The summed E-state index contributed by atoms with van der Waals surface area (Å²) in [6, 6.07) is 0.419. The molecule has 2 rings (SSSR count). The molecule has 4 nitrogen and oxygen atoms in total. The second kappa shape index (κ2) is 4.23. The molecule has 1 aliphatic rings. The van der Waals surface area contributed by atoms with Crippen molar-refractivity contribution in [3.8, 4) is 0 Å². The van der Waals surface area contributed by atoms with Crippen LogP contribution in [0.1, 0.15) is 43.0 Å². The number of aromatic nitrogens is 2. The molecule has 0 bridgehead atoms. The molecule has 1 fully saturated rings. The van der Waals surface area contributed by atoms with Crippen molar-refractivity contribution in [3.63, 3.8) is 0 Å². The number of nitrogens with two attached hydrogens (primary N) is 1. The number of aromatic amines is 1. The summed E-state index contributed by atoms with van der Waals surface area (Å²) in [6.07, 6.45) is 5.20. The third kappa shape index (κ3) is 1.86. The number of rotatable bonds is 4. The predicted molar refractivity (Wildman–Crippen MR) is 60.1 cm³/mol. The molecule has 4 heteroatoms. The average molecular weight is 209 g/mol. The monoisotopic (exact) mass is 209 g/mol. The minimum Gasteiger partial charge on any atom is -0.330 e. The first-order chi connectivity index (χ1) is 7.24. The number of hydrogen-bond acceptors (Lipinski definition) is 2. The normalized spacial score (nSPS) is 16.7. The molecule has 0 spiro atoms. The fourth-order valence-corrected chi connectivity index (χ4v) is 2.08. The molecule has 0 saturated heterocycles. The molecule has 0 unspecified atom stereocenters. The van der Waals surface area contributed by atoms with Crippen LogP contribution in [0.15, 0.2) is 4.79 Å². The third-order valence-corrected chi connectivity index (χ3v) is 3.29. The van der Waals surface area contributed by atoms with E-state index in [4.69, 9.17) is 5.73 Å². The van der Waals surface area contributed by atoms with Gasteiger partial charge in [-0.3, -0.25) is 9.89 Å². The Morgan fingerprint density at radius 1 is 1.53 bits per heavy atom. The number of nitrogens with zero attached hydrogens (tertiary/aromatic N) is 1. The Hall–Kier alpha value is -1.03. The molecule has 84 valence electrons. The van der Waals surface area contributed by atoms with Crippen LogP contribution in [0.5, 0.6) is 0 Å². The zero-order chi connectivity index (χ0) is 10.8. The van der Waals surface area contributed by atoms with Crippen LogP contribution in [-0.2, 0) is 6.42 Å². The Labute approximate surface area is 89.5 Å². The second-order valence-electron chi connectivity index (χ2n) is 4.37. The van der Waals surface area contributed by atoms with E-state index in [-0.39, 0.29) is 5.56 Å². The molecule has 0 aromatic carbocycles. The van der Waals surface area contributed by atoms with Crippen molar-refractivity contribution in [2.45, 2.75) is 45.1 Å². The van der Waals surface area contributed by atoms with Crippen LogP contribution in [0.2, 0.25) is 0 Å². The molecular formula is C11H19N3O. The maximum absolute atomic E-state index is 12.0. The Balaban J connectivity index is 2.22. The Kier molecular flexibility index (Phi) is 2.95. The van der Waals surface area contributed by atoms with Crippen LogP contribution in [0.3, 0.4) is 0 Å². The van der Waals surface area contributed by atoms with Gasteiger partial charge in [-0.25, -0.2) is 4.68 Å². The highest BCUT2D eigenvalue weighted by Gasteiger charge is 2.23. The fraction of sp³-hybridized carbons (Fsp3) is 0.727. The van der Waals surface area contributed by atoms with Crippen LogP contribution in [-0.4, -0.2) is 16.3 Å². The number of aryl methyl sites for hydroxylation is 1. The standard InChI is InChI=1S/C11H19N3O/c1-8-10(6-3-7-12)11(15)14(13-8)9-4-2-5-9/h9,13H,2-7,12H2,1H3. The molecule has 3 N–H and O–H groups in total. The van der Waals surface area contributed by atoms with E-state index in [1.807, 2.05) is 11.6 Å². The lowest BCUT2D eigenvalue weighted by molar-refractivity contribution is 0.282. The van der Waals surface area contributed by atoms with Crippen molar-refractivity contribution in [2.75, 3.05) is 6.54 Å². The Morgan fingerprint density at radius 2 is 2.27 bits per heavy atom. The zero-order valence-electron chi connectivity index (χ0n) is 9.25. The lowest BCUT2D eigenvalue weighted by atomic mass is 9.93. The highest BCUT2D eigenvalue weighted by atomic mass is 16.1. The zero-order valence-corrected chi connectivity index (χ0v) is 9.25. The number of hydrogen-bond donors (Lipinski definition) is 2. The quantitative estimate of drug-likeness (QED) is 0.780. The fourth-order valence-electron chi connectivity index (χ4n) is 2.08. The van der Waals surface area contributed by atoms with Gasteiger partial charge in [0.2, 0.25) is 0 Å². The summed E-state index contributed by atoms with van der Waals surface area (Å²) >= 11 is 0. The summed E-state index contributed by atoms with van der Waals surface area (Å²) in [5.74, 6) is 0. The van der Waals surface area contributed by atoms with Crippen LogP contribution in [0.4, 0.5) is 0 Å². The van der Waals surface area contributed by atoms with E-state index in [2.05, 4.69) is 5.10 Å². The van der Waals surface area contributed by atoms with Crippen LogP contribution < -0.4 is 11.3 Å². The molecular weight excluding hydrogens is 190 g/mol. The molecule has 1 aliphatic carbocycles. The summed E-state index contributed by atoms with van der Waals surface area (Å²) in [5, 5.41) is 3.19. The van der Waals surface area contributed by atoms with E-state index in [1.165, 1.54) is 6.42 Å². The molecule has 0 atom stereocenters.